The van der Waals surface area contributed by atoms with E-state index < -0.39 is 0 Å². The summed E-state index contributed by atoms with van der Waals surface area (Å²) in [7, 11) is 0. The van der Waals surface area contributed by atoms with Crippen LogP contribution in [0.3, 0.4) is 0 Å². The first-order valence-corrected chi connectivity index (χ1v) is 7.35. The van der Waals surface area contributed by atoms with Crippen molar-refractivity contribution in [3.63, 3.8) is 0 Å². The van der Waals surface area contributed by atoms with Crippen LogP contribution in [0, 0.1) is 0 Å². The van der Waals surface area contributed by atoms with Gasteiger partial charge in [0.25, 0.3) is 0 Å². The van der Waals surface area contributed by atoms with Gasteiger partial charge in [-0.2, -0.15) is 0 Å². The SMILES string of the molecule is CCCCCN(Cc1ccc(Cl)nc1Cl)C(C)C. The third-order valence-electron chi connectivity index (χ3n) is 3.04. The zero-order chi connectivity index (χ0) is 13.5. The van der Waals surface area contributed by atoms with Crippen LogP contribution in [0.1, 0.15) is 45.6 Å². The van der Waals surface area contributed by atoms with E-state index in [0.717, 1.165) is 18.7 Å². The van der Waals surface area contributed by atoms with Gasteiger partial charge in [-0.3, -0.25) is 4.90 Å². The average molecular weight is 289 g/mol. The van der Waals surface area contributed by atoms with Crippen LogP contribution in [0.5, 0.6) is 0 Å². The summed E-state index contributed by atoms with van der Waals surface area (Å²) in [5.41, 5.74) is 1.05. The summed E-state index contributed by atoms with van der Waals surface area (Å²) in [6, 6.07) is 4.27. The standard InChI is InChI=1S/C14H22Cl2N2/c1-4-5-6-9-18(11(2)3)10-12-7-8-13(15)17-14(12)16/h7-8,11H,4-6,9-10H2,1-3H3. The third kappa shape index (κ3) is 5.13. The number of hydrogen-bond donors (Lipinski definition) is 0. The van der Waals surface area contributed by atoms with Crippen molar-refractivity contribution in [1.29, 1.82) is 0 Å². The Kier molecular flexibility index (Phi) is 6.98. The average Bonchev–Trinajstić information content (AvgIpc) is 2.30. The molecule has 0 spiro atoms. The smallest absolute Gasteiger partial charge is 0.135 e. The van der Waals surface area contributed by atoms with Crippen molar-refractivity contribution < 1.29 is 0 Å². The second-order valence-corrected chi connectivity index (χ2v) is 5.60. The maximum atomic E-state index is 6.12. The molecule has 0 amide bonds. The normalized spacial score (nSPS) is 11.5. The van der Waals surface area contributed by atoms with Crippen LogP contribution in [-0.4, -0.2) is 22.5 Å². The number of unbranched alkanes of at least 4 members (excludes halogenated alkanes) is 2. The fourth-order valence-electron chi connectivity index (χ4n) is 1.86. The van der Waals surface area contributed by atoms with Crippen LogP contribution in [-0.2, 0) is 6.54 Å². The molecule has 0 aliphatic rings. The first kappa shape index (κ1) is 15.7. The Morgan fingerprint density at radius 3 is 2.50 bits per heavy atom. The lowest BCUT2D eigenvalue weighted by molar-refractivity contribution is 0.208. The summed E-state index contributed by atoms with van der Waals surface area (Å²) in [5, 5.41) is 0.967. The highest BCUT2D eigenvalue weighted by Crippen LogP contribution is 2.19. The molecule has 18 heavy (non-hydrogen) atoms. The van der Waals surface area contributed by atoms with E-state index in [1.165, 1.54) is 19.3 Å². The van der Waals surface area contributed by atoms with Crippen molar-refractivity contribution in [3.05, 3.63) is 28.0 Å². The number of pyridine rings is 1. The summed E-state index contributed by atoms with van der Waals surface area (Å²) in [6.45, 7) is 8.58. The fraction of sp³-hybridized carbons (Fsp3) is 0.643. The van der Waals surface area contributed by atoms with Crippen LogP contribution < -0.4 is 0 Å². The van der Waals surface area contributed by atoms with Gasteiger partial charge in [0.2, 0.25) is 0 Å². The molecule has 0 radical (unpaired) electrons. The Balaban J connectivity index is 2.64. The van der Waals surface area contributed by atoms with Gasteiger partial charge in [-0.05, 0) is 32.9 Å². The molecule has 0 bridgehead atoms. The summed E-state index contributed by atoms with van der Waals surface area (Å²) < 4.78 is 0. The summed E-state index contributed by atoms with van der Waals surface area (Å²) in [4.78, 5) is 6.51. The van der Waals surface area contributed by atoms with Crippen molar-refractivity contribution in [2.45, 2.75) is 52.6 Å². The molecule has 1 aromatic rings. The lowest BCUT2D eigenvalue weighted by Gasteiger charge is -2.26. The summed E-state index contributed by atoms with van der Waals surface area (Å²) in [6.07, 6.45) is 3.75. The molecule has 2 nitrogen and oxygen atoms in total. The third-order valence-corrected chi connectivity index (χ3v) is 3.58. The molecular weight excluding hydrogens is 267 g/mol. The highest BCUT2D eigenvalue weighted by molar-refractivity contribution is 6.32. The van der Waals surface area contributed by atoms with E-state index in [4.69, 9.17) is 23.2 Å². The molecule has 102 valence electrons. The number of hydrogen-bond acceptors (Lipinski definition) is 2. The van der Waals surface area contributed by atoms with Gasteiger partial charge in [-0.15, -0.1) is 0 Å². The molecule has 0 saturated carbocycles. The number of aromatic nitrogens is 1. The van der Waals surface area contributed by atoms with Gasteiger partial charge in [0.15, 0.2) is 0 Å². The van der Waals surface area contributed by atoms with Gasteiger partial charge in [0, 0.05) is 18.2 Å². The van der Waals surface area contributed by atoms with Gasteiger partial charge >= 0.3 is 0 Å². The second kappa shape index (κ2) is 7.98. The first-order valence-electron chi connectivity index (χ1n) is 6.59. The Hall–Kier alpha value is -0.310. The minimum absolute atomic E-state index is 0.450. The molecule has 1 heterocycles. The van der Waals surface area contributed by atoms with E-state index in [1.807, 2.05) is 6.07 Å². The molecule has 1 rings (SSSR count). The number of halogens is 2. The molecule has 0 atom stereocenters. The number of nitrogens with zero attached hydrogens (tertiary/aromatic N) is 2. The molecule has 0 aromatic carbocycles. The van der Waals surface area contributed by atoms with Gasteiger partial charge in [-0.25, -0.2) is 4.98 Å². The molecule has 0 N–H and O–H groups in total. The zero-order valence-corrected chi connectivity index (χ0v) is 12.9. The topological polar surface area (TPSA) is 16.1 Å². The monoisotopic (exact) mass is 288 g/mol. The van der Waals surface area contributed by atoms with E-state index in [-0.39, 0.29) is 0 Å². The van der Waals surface area contributed by atoms with Crippen molar-refractivity contribution in [1.82, 2.24) is 9.88 Å². The summed E-state index contributed by atoms with van der Waals surface area (Å²) in [5.74, 6) is 0. The second-order valence-electron chi connectivity index (χ2n) is 4.86. The number of rotatable bonds is 7. The Labute approximate surface area is 120 Å². The zero-order valence-electron chi connectivity index (χ0n) is 11.4. The van der Waals surface area contributed by atoms with Crippen LogP contribution in [0.2, 0.25) is 10.3 Å². The fourth-order valence-corrected chi connectivity index (χ4v) is 2.27. The lowest BCUT2D eigenvalue weighted by Crippen LogP contribution is -2.31. The maximum absolute atomic E-state index is 6.12. The van der Waals surface area contributed by atoms with Crippen molar-refractivity contribution in [2.24, 2.45) is 0 Å². The molecule has 1 aromatic heterocycles. The van der Waals surface area contributed by atoms with Crippen LogP contribution >= 0.6 is 23.2 Å². The minimum Gasteiger partial charge on any atom is -0.297 e. The Morgan fingerprint density at radius 1 is 1.22 bits per heavy atom. The van der Waals surface area contributed by atoms with E-state index in [2.05, 4.69) is 30.7 Å². The highest BCUT2D eigenvalue weighted by atomic mass is 35.5. The Bertz CT molecular complexity index is 367. The van der Waals surface area contributed by atoms with Gasteiger partial charge in [0.05, 0.1) is 0 Å². The van der Waals surface area contributed by atoms with Gasteiger partial charge < -0.3 is 0 Å². The van der Waals surface area contributed by atoms with E-state index in [9.17, 15) is 0 Å². The maximum Gasteiger partial charge on any atom is 0.135 e. The molecule has 0 saturated heterocycles. The van der Waals surface area contributed by atoms with Crippen LogP contribution in [0.15, 0.2) is 12.1 Å². The van der Waals surface area contributed by atoms with Gasteiger partial charge in [-0.1, -0.05) is 49.0 Å². The summed E-state index contributed by atoms with van der Waals surface area (Å²) >= 11 is 11.9. The molecule has 0 aliphatic carbocycles. The quantitative estimate of drug-likeness (QED) is 0.530. The first-order chi connectivity index (χ1) is 8.54. The van der Waals surface area contributed by atoms with Gasteiger partial charge in [0.1, 0.15) is 10.3 Å². The molecule has 4 heteroatoms. The largest absolute Gasteiger partial charge is 0.297 e. The minimum atomic E-state index is 0.450. The van der Waals surface area contributed by atoms with E-state index in [0.29, 0.717) is 16.3 Å². The highest BCUT2D eigenvalue weighted by Gasteiger charge is 2.12. The van der Waals surface area contributed by atoms with E-state index in [1.54, 1.807) is 6.07 Å². The molecule has 0 unspecified atom stereocenters. The van der Waals surface area contributed by atoms with Crippen molar-refractivity contribution in [2.75, 3.05) is 6.54 Å². The van der Waals surface area contributed by atoms with Crippen molar-refractivity contribution in [3.8, 4) is 0 Å². The predicted molar refractivity (Wildman–Crippen MR) is 79.3 cm³/mol. The lowest BCUT2D eigenvalue weighted by atomic mass is 10.2. The van der Waals surface area contributed by atoms with Crippen molar-refractivity contribution >= 4 is 23.2 Å². The molecule has 0 fully saturated rings. The molecular formula is C14H22Cl2N2. The Morgan fingerprint density at radius 2 is 1.94 bits per heavy atom. The van der Waals surface area contributed by atoms with Crippen LogP contribution in [0.25, 0.3) is 0 Å². The van der Waals surface area contributed by atoms with E-state index >= 15 is 0 Å². The van der Waals surface area contributed by atoms with Crippen LogP contribution in [0.4, 0.5) is 0 Å². The molecule has 0 aliphatic heterocycles. The predicted octanol–water partition coefficient (Wildman–Crippen LogP) is 4.79.